The van der Waals surface area contributed by atoms with E-state index in [4.69, 9.17) is 0 Å². The molecule has 5 rings (SSSR count). The molecule has 1 amide bonds. The standard InChI is InChI=1S/C24H27N3O3S2/c28-24(12-11-23-25-21-7-3-4-8-22(21)31-23)26-13-15-27(16-14-26)32(29,30)20-10-9-18-5-1-2-6-19(18)17-20/h3-4,7-10,17H,1-2,5-6,11-16H2. The van der Waals surface area contributed by atoms with Crippen LogP contribution < -0.4 is 0 Å². The summed E-state index contributed by atoms with van der Waals surface area (Å²) < 4.78 is 29.0. The molecule has 32 heavy (non-hydrogen) atoms. The number of piperazine rings is 1. The Morgan fingerprint density at radius 1 is 0.969 bits per heavy atom. The molecule has 1 aliphatic carbocycles. The lowest BCUT2D eigenvalue weighted by atomic mass is 9.92. The number of para-hydroxylation sites is 1. The van der Waals surface area contributed by atoms with Gasteiger partial charge in [-0.1, -0.05) is 18.2 Å². The summed E-state index contributed by atoms with van der Waals surface area (Å²) in [7, 11) is -3.53. The van der Waals surface area contributed by atoms with E-state index in [0.717, 1.165) is 34.5 Å². The maximum atomic E-state index is 13.2. The lowest BCUT2D eigenvalue weighted by molar-refractivity contribution is -0.132. The highest BCUT2D eigenvalue weighted by Gasteiger charge is 2.30. The second-order valence-corrected chi connectivity index (χ2v) is 11.6. The highest BCUT2D eigenvalue weighted by Crippen LogP contribution is 2.27. The number of carbonyl (C=O) groups excluding carboxylic acids is 1. The summed E-state index contributed by atoms with van der Waals surface area (Å²) in [5, 5.41) is 0.966. The van der Waals surface area contributed by atoms with Gasteiger partial charge in [0, 0.05) is 39.0 Å². The zero-order chi connectivity index (χ0) is 22.1. The van der Waals surface area contributed by atoms with E-state index in [9.17, 15) is 13.2 Å². The van der Waals surface area contributed by atoms with Crippen LogP contribution in [0.5, 0.6) is 0 Å². The van der Waals surface area contributed by atoms with E-state index < -0.39 is 10.0 Å². The minimum Gasteiger partial charge on any atom is -0.340 e. The van der Waals surface area contributed by atoms with Gasteiger partial charge in [-0.15, -0.1) is 11.3 Å². The number of nitrogens with zero attached hydrogens (tertiary/aromatic N) is 3. The number of thiazole rings is 1. The third-order valence-corrected chi connectivity index (χ3v) is 9.43. The number of sulfonamides is 1. The van der Waals surface area contributed by atoms with E-state index in [1.165, 1.54) is 21.9 Å². The summed E-state index contributed by atoms with van der Waals surface area (Å²) >= 11 is 1.63. The Bertz CT molecular complexity index is 1210. The maximum absolute atomic E-state index is 13.2. The van der Waals surface area contributed by atoms with Crippen molar-refractivity contribution in [2.45, 2.75) is 43.4 Å². The maximum Gasteiger partial charge on any atom is 0.243 e. The molecule has 0 unspecified atom stereocenters. The lowest BCUT2D eigenvalue weighted by Crippen LogP contribution is -2.50. The summed E-state index contributed by atoms with van der Waals surface area (Å²) in [5.74, 6) is 0.0649. The molecule has 3 aromatic rings. The number of benzene rings is 2. The number of aromatic nitrogens is 1. The van der Waals surface area contributed by atoms with Gasteiger partial charge in [0.1, 0.15) is 0 Å². The Labute approximate surface area is 192 Å². The second kappa shape index (κ2) is 8.92. The minimum atomic E-state index is -3.53. The van der Waals surface area contributed by atoms with Gasteiger partial charge < -0.3 is 4.90 Å². The van der Waals surface area contributed by atoms with Crippen molar-refractivity contribution >= 4 is 37.5 Å². The molecule has 8 heteroatoms. The van der Waals surface area contributed by atoms with Crippen molar-refractivity contribution in [3.63, 3.8) is 0 Å². The Morgan fingerprint density at radius 2 is 1.72 bits per heavy atom. The van der Waals surface area contributed by atoms with E-state index in [1.807, 2.05) is 36.4 Å². The quantitative estimate of drug-likeness (QED) is 0.572. The fourth-order valence-corrected chi connectivity index (χ4v) is 7.04. The third kappa shape index (κ3) is 4.31. The largest absolute Gasteiger partial charge is 0.340 e. The summed E-state index contributed by atoms with van der Waals surface area (Å²) in [6.07, 6.45) is 5.30. The van der Waals surface area contributed by atoms with Crippen molar-refractivity contribution in [3.05, 3.63) is 58.6 Å². The Hall–Kier alpha value is -2.29. The van der Waals surface area contributed by atoms with E-state index >= 15 is 0 Å². The number of fused-ring (bicyclic) bond motifs is 2. The lowest BCUT2D eigenvalue weighted by Gasteiger charge is -2.34. The van der Waals surface area contributed by atoms with Gasteiger partial charge in [0.15, 0.2) is 0 Å². The summed E-state index contributed by atoms with van der Waals surface area (Å²) in [6.45, 7) is 1.55. The fourth-order valence-electron chi connectivity index (χ4n) is 4.60. The molecule has 1 aromatic heterocycles. The molecule has 1 fully saturated rings. The summed E-state index contributed by atoms with van der Waals surface area (Å²) in [6, 6.07) is 13.6. The first-order valence-corrected chi connectivity index (χ1v) is 13.5. The van der Waals surface area contributed by atoms with Gasteiger partial charge in [-0.3, -0.25) is 4.79 Å². The van der Waals surface area contributed by atoms with Crippen LogP contribution in [0.4, 0.5) is 0 Å². The van der Waals surface area contributed by atoms with E-state index in [1.54, 1.807) is 22.3 Å². The van der Waals surface area contributed by atoms with Gasteiger partial charge in [-0.2, -0.15) is 4.31 Å². The molecular formula is C24H27N3O3S2. The van der Waals surface area contributed by atoms with Crippen LogP contribution >= 0.6 is 11.3 Å². The Balaban J connectivity index is 1.18. The Kier molecular flexibility index (Phi) is 6.01. The van der Waals surface area contributed by atoms with Crippen molar-refractivity contribution in [3.8, 4) is 0 Å². The zero-order valence-electron chi connectivity index (χ0n) is 18.0. The molecule has 0 atom stereocenters. The van der Waals surface area contributed by atoms with Gasteiger partial charge in [-0.25, -0.2) is 13.4 Å². The molecule has 2 aliphatic rings. The van der Waals surface area contributed by atoms with Gasteiger partial charge in [0.25, 0.3) is 0 Å². The predicted molar refractivity (Wildman–Crippen MR) is 126 cm³/mol. The highest BCUT2D eigenvalue weighted by molar-refractivity contribution is 7.89. The minimum absolute atomic E-state index is 0.0649. The van der Waals surface area contributed by atoms with Gasteiger partial charge in [0.05, 0.1) is 20.1 Å². The number of aryl methyl sites for hydroxylation is 3. The molecule has 1 aliphatic heterocycles. The normalized spacial score (nSPS) is 17.4. The summed E-state index contributed by atoms with van der Waals surface area (Å²) in [5.41, 5.74) is 3.42. The van der Waals surface area contributed by atoms with Crippen LogP contribution in [0.3, 0.4) is 0 Å². The van der Waals surface area contributed by atoms with Crippen molar-refractivity contribution in [2.24, 2.45) is 0 Å². The molecule has 0 radical (unpaired) electrons. The highest BCUT2D eigenvalue weighted by atomic mass is 32.2. The van der Waals surface area contributed by atoms with Crippen LogP contribution in [-0.2, 0) is 34.1 Å². The molecule has 0 bridgehead atoms. The van der Waals surface area contributed by atoms with Crippen molar-refractivity contribution in [1.82, 2.24) is 14.2 Å². The number of hydrogen-bond acceptors (Lipinski definition) is 5. The van der Waals surface area contributed by atoms with Gasteiger partial charge >= 0.3 is 0 Å². The van der Waals surface area contributed by atoms with Crippen LogP contribution in [0.2, 0.25) is 0 Å². The van der Waals surface area contributed by atoms with Crippen LogP contribution in [0.25, 0.3) is 10.2 Å². The van der Waals surface area contributed by atoms with Crippen LogP contribution in [0.15, 0.2) is 47.4 Å². The van der Waals surface area contributed by atoms with Gasteiger partial charge in [0.2, 0.25) is 15.9 Å². The average Bonchev–Trinajstić information content (AvgIpc) is 3.25. The molecule has 0 N–H and O–H groups in total. The topological polar surface area (TPSA) is 70.6 Å². The number of amides is 1. The first-order valence-electron chi connectivity index (χ1n) is 11.2. The third-order valence-electron chi connectivity index (χ3n) is 6.44. The average molecular weight is 470 g/mol. The zero-order valence-corrected chi connectivity index (χ0v) is 19.6. The molecule has 0 spiro atoms. The van der Waals surface area contributed by atoms with Crippen molar-refractivity contribution < 1.29 is 13.2 Å². The van der Waals surface area contributed by atoms with Gasteiger partial charge in [-0.05, 0) is 61.1 Å². The van der Waals surface area contributed by atoms with E-state index in [-0.39, 0.29) is 5.91 Å². The molecule has 168 valence electrons. The molecule has 2 heterocycles. The molecule has 1 saturated heterocycles. The number of carbonyl (C=O) groups is 1. The van der Waals surface area contributed by atoms with Crippen LogP contribution in [0.1, 0.15) is 35.4 Å². The molecule has 2 aromatic carbocycles. The smallest absolute Gasteiger partial charge is 0.243 e. The van der Waals surface area contributed by atoms with E-state index in [0.29, 0.717) is 43.9 Å². The first-order chi connectivity index (χ1) is 15.5. The van der Waals surface area contributed by atoms with E-state index in [2.05, 4.69) is 4.98 Å². The second-order valence-electron chi connectivity index (χ2n) is 8.50. The number of rotatable bonds is 5. The summed E-state index contributed by atoms with van der Waals surface area (Å²) in [4.78, 5) is 19.5. The fraction of sp³-hybridized carbons (Fsp3) is 0.417. The Morgan fingerprint density at radius 3 is 2.50 bits per heavy atom. The predicted octanol–water partition coefficient (Wildman–Crippen LogP) is 3.64. The first kappa shape index (κ1) is 21.6. The van der Waals surface area contributed by atoms with Crippen LogP contribution in [0, 0.1) is 0 Å². The van der Waals surface area contributed by atoms with Crippen molar-refractivity contribution in [2.75, 3.05) is 26.2 Å². The van der Waals surface area contributed by atoms with Crippen LogP contribution in [-0.4, -0.2) is 54.7 Å². The van der Waals surface area contributed by atoms with Crippen molar-refractivity contribution in [1.29, 1.82) is 0 Å². The SMILES string of the molecule is O=C(CCc1nc2ccccc2s1)N1CCN(S(=O)(=O)c2ccc3c(c2)CCCC3)CC1. The molecular weight excluding hydrogens is 442 g/mol. The number of hydrogen-bond donors (Lipinski definition) is 0. The monoisotopic (exact) mass is 469 g/mol. The molecule has 0 saturated carbocycles. The molecule has 6 nitrogen and oxygen atoms in total.